The van der Waals surface area contributed by atoms with Crippen molar-refractivity contribution in [1.29, 1.82) is 0 Å². The van der Waals surface area contributed by atoms with Gasteiger partial charge in [0, 0.05) is 27.6 Å². The molecule has 0 atom stereocenters. The molecule has 6 heteroatoms. The molecule has 1 aromatic heterocycles. The zero-order chi connectivity index (χ0) is 24.5. The number of hydrogen-bond acceptors (Lipinski definition) is 3. The molecule has 4 rings (SSSR count). The molecule has 176 valence electrons. The van der Waals surface area contributed by atoms with Gasteiger partial charge in [-0.3, -0.25) is 4.57 Å². The molecule has 0 radical (unpaired) electrons. The predicted molar refractivity (Wildman–Crippen MR) is 141 cm³/mol. The van der Waals surface area contributed by atoms with Gasteiger partial charge in [-0.1, -0.05) is 100 Å². The van der Waals surface area contributed by atoms with Gasteiger partial charge < -0.3 is 0 Å². The summed E-state index contributed by atoms with van der Waals surface area (Å²) in [6.45, 7) is 10.9. The second-order valence-corrected chi connectivity index (χ2v) is 11.1. The fraction of sp³-hybridized carbons (Fsp3) is 0.286. The largest absolute Gasteiger partial charge is 0.270 e. The first-order valence-electron chi connectivity index (χ1n) is 11.4. The van der Waals surface area contributed by atoms with Crippen molar-refractivity contribution in [2.45, 2.75) is 56.9 Å². The minimum Gasteiger partial charge on any atom is -0.270 e. The fourth-order valence-corrected chi connectivity index (χ4v) is 5.01. The van der Waals surface area contributed by atoms with Gasteiger partial charge in [0.2, 0.25) is 0 Å². The summed E-state index contributed by atoms with van der Waals surface area (Å²) in [5.41, 5.74) is 5.00. The number of thioether (sulfide) groups is 1. The number of benzene rings is 3. The van der Waals surface area contributed by atoms with Crippen molar-refractivity contribution in [3.63, 3.8) is 0 Å². The van der Waals surface area contributed by atoms with E-state index in [0.29, 0.717) is 27.4 Å². The van der Waals surface area contributed by atoms with E-state index in [9.17, 15) is 4.39 Å². The molecule has 3 nitrogen and oxygen atoms in total. The van der Waals surface area contributed by atoms with Crippen LogP contribution in [0.1, 0.15) is 57.2 Å². The highest BCUT2D eigenvalue weighted by atomic mass is 35.5. The monoisotopic (exact) mass is 493 g/mol. The fourth-order valence-electron chi connectivity index (χ4n) is 3.72. The molecule has 0 saturated heterocycles. The molecular formula is C28H29ClFN3S. The van der Waals surface area contributed by atoms with E-state index in [1.54, 1.807) is 12.1 Å². The molecule has 0 aliphatic carbocycles. The molecular weight excluding hydrogens is 465 g/mol. The average Bonchev–Trinajstić information content (AvgIpc) is 3.22. The maximum atomic E-state index is 14.4. The third kappa shape index (κ3) is 5.21. The van der Waals surface area contributed by atoms with Gasteiger partial charge in [-0.05, 0) is 46.7 Å². The summed E-state index contributed by atoms with van der Waals surface area (Å²) in [6, 6.07) is 21.7. The first-order chi connectivity index (χ1) is 16.1. The van der Waals surface area contributed by atoms with Crippen molar-refractivity contribution in [1.82, 2.24) is 14.8 Å². The summed E-state index contributed by atoms with van der Waals surface area (Å²) in [5, 5.41) is 10.1. The number of rotatable bonds is 6. The van der Waals surface area contributed by atoms with Crippen LogP contribution in [0.25, 0.3) is 17.1 Å². The Morgan fingerprint density at radius 2 is 1.62 bits per heavy atom. The highest BCUT2D eigenvalue weighted by Crippen LogP contribution is 2.33. The standard InChI is InChI=1S/C28H29ClFN3S/c1-18(2)19-11-15-22(16-12-19)33-26(20-9-13-21(14-10-20)28(3,4)5)31-32-27(33)34-17-23-24(29)7-6-8-25(23)30/h6-16,18H,17H2,1-5H3. The van der Waals surface area contributed by atoms with E-state index in [1.807, 2.05) is 4.57 Å². The molecule has 0 spiro atoms. The Morgan fingerprint density at radius 1 is 0.941 bits per heavy atom. The van der Waals surface area contributed by atoms with Crippen LogP contribution in [0.15, 0.2) is 71.9 Å². The Kier molecular flexibility index (Phi) is 7.15. The van der Waals surface area contributed by atoms with Crippen LogP contribution in [0.2, 0.25) is 5.02 Å². The maximum Gasteiger partial charge on any atom is 0.196 e. The summed E-state index contributed by atoms with van der Waals surface area (Å²) in [7, 11) is 0. The van der Waals surface area contributed by atoms with E-state index in [1.165, 1.54) is 29.0 Å². The van der Waals surface area contributed by atoms with E-state index < -0.39 is 0 Å². The molecule has 0 aliphatic rings. The van der Waals surface area contributed by atoms with Gasteiger partial charge in [-0.2, -0.15) is 0 Å². The quantitative estimate of drug-likeness (QED) is 0.252. The molecule has 0 bridgehead atoms. The molecule has 0 fully saturated rings. The molecule has 1 heterocycles. The smallest absolute Gasteiger partial charge is 0.196 e. The second kappa shape index (κ2) is 9.93. The SMILES string of the molecule is CC(C)c1ccc(-n2c(SCc3c(F)cccc3Cl)nnc2-c2ccc(C(C)(C)C)cc2)cc1. The zero-order valence-electron chi connectivity index (χ0n) is 20.1. The number of halogens is 2. The summed E-state index contributed by atoms with van der Waals surface area (Å²) in [4.78, 5) is 0. The molecule has 0 amide bonds. The van der Waals surface area contributed by atoms with Crippen LogP contribution in [0, 0.1) is 5.82 Å². The maximum absolute atomic E-state index is 14.4. The Balaban J connectivity index is 1.75. The number of hydrogen-bond donors (Lipinski definition) is 0. The lowest BCUT2D eigenvalue weighted by Gasteiger charge is -2.19. The van der Waals surface area contributed by atoms with Crippen molar-refractivity contribution >= 4 is 23.4 Å². The van der Waals surface area contributed by atoms with Crippen molar-refractivity contribution in [3.8, 4) is 17.1 Å². The molecule has 0 unspecified atom stereocenters. The first kappa shape index (κ1) is 24.5. The minimum atomic E-state index is -0.314. The Labute approximate surface area is 210 Å². The van der Waals surface area contributed by atoms with Gasteiger partial charge in [-0.25, -0.2) is 4.39 Å². The lowest BCUT2D eigenvalue weighted by Crippen LogP contribution is -2.10. The van der Waals surface area contributed by atoms with E-state index in [2.05, 4.69) is 93.3 Å². The van der Waals surface area contributed by atoms with Crippen LogP contribution in [0.3, 0.4) is 0 Å². The molecule has 0 N–H and O–H groups in total. The van der Waals surface area contributed by atoms with Gasteiger partial charge in [0.25, 0.3) is 0 Å². The molecule has 4 aromatic rings. The van der Waals surface area contributed by atoms with E-state index >= 15 is 0 Å². The van der Waals surface area contributed by atoms with E-state index in [0.717, 1.165) is 17.1 Å². The number of nitrogens with zero attached hydrogens (tertiary/aromatic N) is 3. The van der Waals surface area contributed by atoms with Crippen LogP contribution >= 0.6 is 23.4 Å². The summed E-state index contributed by atoms with van der Waals surface area (Å²) < 4.78 is 16.4. The number of aromatic nitrogens is 3. The molecule has 0 aliphatic heterocycles. The third-order valence-electron chi connectivity index (χ3n) is 5.87. The topological polar surface area (TPSA) is 30.7 Å². The van der Waals surface area contributed by atoms with Gasteiger partial charge >= 0.3 is 0 Å². The van der Waals surface area contributed by atoms with Crippen molar-refractivity contribution < 1.29 is 4.39 Å². The average molecular weight is 494 g/mol. The Hall–Kier alpha value is -2.63. The van der Waals surface area contributed by atoms with Crippen LogP contribution in [0.4, 0.5) is 4.39 Å². The van der Waals surface area contributed by atoms with Crippen LogP contribution < -0.4 is 0 Å². The highest BCUT2D eigenvalue weighted by molar-refractivity contribution is 7.98. The van der Waals surface area contributed by atoms with Crippen LogP contribution in [0.5, 0.6) is 0 Å². The van der Waals surface area contributed by atoms with Crippen LogP contribution in [-0.4, -0.2) is 14.8 Å². The third-order valence-corrected chi connectivity index (χ3v) is 7.18. The minimum absolute atomic E-state index is 0.0684. The molecule has 34 heavy (non-hydrogen) atoms. The van der Waals surface area contributed by atoms with Crippen molar-refractivity contribution in [3.05, 3.63) is 94.3 Å². The lowest BCUT2D eigenvalue weighted by molar-refractivity contribution is 0.590. The second-order valence-electron chi connectivity index (χ2n) is 9.70. The van der Waals surface area contributed by atoms with Gasteiger partial charge in [0.1, 0.15) is 5.82 Å². The Morgan fingerprint density at radius 3 is 2.21 bits per heavy atom. The zero-order valence-corrected chi connectivity index (χ0v) is 21.7. The summed E-state index contributed by atoms with van der Waals surface area (Å²) in [5.74, 6) is 1.23. The first-order valence-corrected chi connectivity index (χ1v) is 12.7. The Bertz CT molecular complexity index is 1250. The van der Waals surface area contributed by atoms with Crippen LogP contribution in [-0.2, 0) is 11.2 Å². The van der Waals surface area contributed by atoms with Gasteiger partial charge in [0.15, 0.2) is 11.0 Å². The normalized spacial score (nSPS) is 11.9. The van der Waals surface area contributed by atoms with Crippen molar-refractivity contribution in [2.75, 3.05) is 0 Å². The van der Waals surface area contributed by atoms with Gasteiger partial charge in [0.05, 0.1) is 0 Å². The van der Waals surface area contributed by atoms with E-state index in [4.69, 9.17) is 11.6 Å². The van der Waals surface area contributed by atoms with Crippen molar-refractivity contribution in [2.24, 2.45) is 0 Å². The van der Waals surface area contributed by atoms with E-state index in [-0.39, 0.29) is 11.2 Å². The highest BCUT2D eigenvalue weighted by Gasteiger charge is 2.19. The summed E-state index contributed by atoms with van der Waals surface area (Å²) >= 11 is 7.68. The van der Waals surface area contributed by atoms with Gasteiger partial charge in [-0.15, -0.1) is 10.2 Å². The molecule has 3 aromatic carbocycles. The predicted octanol–water partition coefficient (Wildman–Crippen LogP) is 8.44. The lowest BCUT2D eigenvalue weighted by atomic mass is 9.87. The summed E-state index contributed by atoms with van der Waals surface area (Å²) in [6.07, 6.45) is 0. The molecule has 0 saturated carbocycles.